The van der Waals surface area contributed by atoms with Crippen molar-refractivity contribution in [3.05, 3.63) is 48.2 Å². The van der Waals surface area contributed by atoms with Crippen LogP contribution in [-0.4, -0.2) is 32.3 Å². The molecule has 2 aromatic heterocycles. The molecule has 0 saturated heterocycles. The minimum absolute atomic E-state index is 0.0232. The zero-order valence-corrected chi connectivity index (χ0v) is 14.9. The molecule has 3 aromatic rings. The Hall–Kier alpha value is -3.51. The predicted molar refractivity (Wildman–Crippen MR) is 100 cm³/mol. The fourth-order valence-electron chi connectivity index (χ4n) is 3.22. The van der Waals surface area contributed by atoms with Gasteiger partial charge in [0.05, 0.1) is 23.7 Å². The smallest absolute Gasteiger partial charge is 0.158 e. The van der Waals surface area contributed by atoms with Crippen molar-refractivity contribution < 1.29 is 9.13 Å². The summed E-state index contributed by atoms with van der Waals surface area (Å²) in [6.07, 6.45) is 5.26. The Morgan fingerprint density at radius 2 is 2.14 bits per heavy atom. The number of ether oxygens (including phenoxy) is 1. The largest absolute Gasteiger partial charge is 0.490 e. The van der Waals surface area contributed by atoms with Crippen molar-refractivity contribution in [1.29, 1.82) is 5.26 Å². The Balaban J connectivity index is 1.56. The van der Waals surface area contributed by atoms with Crippen LogP contribution >= 0.6 is 0 Å². The summed E-state index contributed by atoms with van der Waals surface area (Å²) in [6.45, 7) is 0. The molecule has 1 aliphatic rings. The number of benzene rings is 1. The van der Waals surface area contributed by atoms with E-state index in [2.05, 4.69) is 25.5 Å². The van der Waals surface area contributed by atoms with Crippen molar-refractivity contribution in [3.63, 3.8) is 0 Å². The summed E-state index contributed by atoms with van der Waals surface area (Å²) >= 11 is 0. The Labute approximate surface area is 160 Å². The van der Waals surface area contributed by atoms with Gasteiger partial charge in [0.25, 0.3) is 0 Å². The number of rotatable bonds is 5. The van der Waals surface area contributed by atoms with Gasteiger partial charge in [-0.1, -0.05) is 6.07 Å². The fraction of sp³-hybridized carbons (Fsp3) is 0.263. The maximum atomic E-state index is 14.6. The molecule has 0 radical (unpaired) electrons. The Morgan fingerprint density at radius 1 is 1.25 bits per heavy atom. The van der Waals surface area contributed by atoms with Crippen LogP contribution < -0.4 is 15.8 Å². The normalized spacial score (nSPS) is 18.6. The topological polar surface area (TPSA) is 126 Å². The third-order valence-electron chi connectivity index (χ3n) is 4.56. The van der Waals surface area contributed by atoms with Gasteiger partial charge in [-0.25, -0.2) is 14.4 Å². The first-order valence-electron chi connectivity index (χ1n) is 8.88. The summed E-state index contributed by atoms with van der Waals surface area (Å²) in [7, 11) is 0. The number of hydrogen-bond acceptors (Lipinski definition) is 7. The maximum Gasteiger partial charge on any atom is 0.158 e. The molecule has 0 bridgehead atoms. The molecule has 2 heterocycles. The van der Waals surface area contributed by atoms with Gasteiger partial charge in [-0.15, -0.1) is 0 Å². The lowest BCUT2D eigenvalue weighted by Gasteiger charge is -2.16. The molecule has 142 valence electrons. The average molecular weight is 379 g/mol. The lowest BCUT2D eigenvalue weighted by Crippen LogP contribution is -2.19. The molecule has 0 unspecified atom stereocenters. The van der Waals surface area contributed by atoms with E-state index in [0.717, 1.165) is 19.3 Å². The maximum absolute atomic E-state index is 14.6. The molecule has 0 aliphatic heterocycles. The summed E-state index contributed by atoms with van der Waals surface area (Å²) < 4.78 is 20.6. The number of hydrogen-bond donors (Lipinski definition) is 3. The van der Waals surface area contributed by atoms with Gasteiger partial charge in [-0.3, -0.25) is 5.10 Å². The molecule has 0 spiro atoms. The summed E-state index contributed by atoms with van der Waals surface area (Å²) in [5.74, 6) is 0.897. The number of H-pyrrole nitrogens is 1. The van der Waals surface area contributed by atoms with Gasteiger partial charge in [-0.05, 0) is 31.4 Å². The quantitative estimate of drug-likeness (QED) is 0.622. The van der Waals surface area contributed by atoms with Crippen molar-refractivity contribution in [1.82, 2.24) is 20.2 Å². The first kappa shape index (κ1) is 17.9. The lowest BCUT2D eigenvalue weighted by molar-refractivity contribution is 0.208. The summed E-state index contributed by atoms with van der Waals surface area (Å²) in [4.78, 5) is 8.01. The highest BCUT2D eigenvalue weighted by molar-refractivity contribution is 5.71. The lowest BCUT2D eigenvalue weighted by atomic mass is 10.1. The van der Waals surface area contributed by atoms with Crippen molar-refractivity contribution in [2.24, 2.45) is 5.73 Å². The van der Waals surface area contributed by atoms with Gasteiger partial charge < -0.3 is 15.8 Å². The minimum Gasteiger partial charge on any atom is -0.490 e. The number of aromatic amines is 1. The second-order valence-electron chi connectivity index (χ2n) is 6.62. The van der Waals surface area contributed by atoms with Crippen LogP contribution in [-0.2, 0) is 0 Å². The molecule has 28 heavy (non-hydrogen) atoms. The molecule has 8 nitrogen and oxygen atoms in total. The molecule has 4 rings (SSSR count). The first-order chi connectivity index (χ1) is 13.6. The van der Waals surface area contributed by atoms with Crippen LogP contribution in [0.5, 0.6) is 5.75 Å². The minimum atomic E-state index is -0.409. The number of nitrogens with two attached hydrogens (primary N) is 1. The highest BCUT2D eigenvalue weighted by Gasteiger charge is 2.25. The molecule has 1 aliphatic carbocycles. The number of halogens is 1. The molecular formula is C19H18FN7O. The third-order valence-corrected chi connectivity index (χ3v) is 4.56. The van der Waals surface area contributed by atoms with Crippen molar-refractivity contribution in [2.45, 2.75) is 31.4 Å². The van der Waals surface area contributed by atoms with Crippen LogP contribution in [0.2, 0.25) is 0 Å². The number of nitriles is 1. The summed E-state index contributed by atoms with van der Waals surface area (Å²) in [5.41, 5.74) is 6.95. The van der Waals surface area contributed by atoms with E-state index in [1.807, 2.05) is 6.07 Å². The van der Waals surface area contributed by atoms with Gasteiger partial charge in [0.15, 0.2) is 11.5 Å². The van der Waals surface area contributed by atoms with Gasteiger partial charge in [-0.2, -0.15) is 10.4 Å². The third kappa shape index (κ3) is 3.77. The van der Waals surface area contributed by atoms with E-state index < -0.39 is 5.82 Å². The van der Waals surface area contributed by atoms with Crippen molar-refractivity contribution in [2.75, 3.05) is 5.32 Å². The molecular weight excluding hydrogens is 361 g/mol. The van der Waals surface area contributed by atoms with Gasteiger partial charge >= 0.3 is 0 Å². The summed E-state index contributed by atoms with van der Waals surface area (Å²) in [5, 5.41) is 18.7. The van der Waals surface area contributed by atoms with Gasteiger partial charge in [0.2, 0.25) is 0 Å². The zero-order chi connectivity index (χ0) is 19.5. The van der Waals surface area contributed by atoms with Crippen LogP contribution in [0.3, 0.4) is 0 Å². The molecule has 1 saturated carbocycles. The second kappa shape index (κ2) is 7.62. The average Bonchev–Trinajstić information content (AvgIpc) is 3.31. The Bertz CT molecular complexity index is 1010. The number of anilines is 2. The highest BCUT2D eigenvalue weighted by atomic mass is 19.1. The number of aromatic nitrogens is 4. The van der Waals surface area contributed by atoms with E-state index in [1.54, 1.807) is 18.2 Å². The molecule has 1 aromatic carbocycles. The monoisotopic (exact) mass is 379 g/mol. The van der Waals surface area contributed by atoms with Crippen molar-refractivity contribution >= 4 is 11.6 Å². The molecule has 4 N–H and O–H groups in total. The van der Waals surface area contributed by atoms with E-state index in [1.165, 1.54) is 18.5 Å². The van der Waals surface area contributed by atoms with E-state index in [9.17, 15) is 4.39 Å². The van der Waals surface area contributed by atoms with E-state index in [4.69, 9.17) is 15.7 Å². The first-order valence-corrected chi connectivity index (χ1v) is 8.88. The standard InChI is InChI=1S/C19H18FN7O/c20-14-2-1-3-16(28-13-5-4-11(22)6-13)19(14)15-7-17(27-26-15)25-18-10-23-12(8-21)9-24-18/h1-3,7,9-11,13H,4-6,22H2,(H2,24,25,26,27)/t11-,13+/m0/s1. The van der Waals surface area contributed by atoms with Crippen LogP contribution in [0.25, 0.3) is 11.3 Å². The highest BCUT2D eigenvalue weighted by Crippen LogP contribution is 2.35. The molecule has 9 heteroatoms. The fourth-order valence-corrected chi connectivity index (χ4v) is 3.22. The summed E-state index contributed by atoms with van der Waals surface area (Å²) in [6, 6.07) is 8.42. The molecule has 2 atom stereocenters. The van der Waals surface area contributed by atoms with Crippen LogP contribution in [0.1, 0.15) is 25.0 Å². The SMILES string of the molecule is N#Cc1cnc(Nc2cc(-c3c(F)cccc3O[C@@H]3CC[C@H](N)C3)[nH]n2)cn1. The van der Waals surface area contributed by atoms with Gasteiger partial charge in [0.1, 0.15) is 29.6 Å². The molecule has 0 amide bonds. The van der Waals surface area contributed by atoms with Gasteiger partial charge in [0, 0.05) is 12.1 Å². The van der Waals surface area contributed by atoms with E-state index in [0.29, 0.717) is 28.6 Å². The van der Waals surface area contributed by atoms with Crippen LogP contribution in [0.4, 0.5) is 16.0 Å². The van der Waals surface area contributed by atoms with E-state index in [-0.39, 0.29) is 17.8 Å². The van der Waals surface area contributed by atoms with Crippen LogP contribution in [0, 0.1) is 17.1 Å². The predicted octanol–water partition coefficient (Wildman–Crippen LogP) is 2.88. The van der Waals surface area contributed by atoms with Crippen LogP contribution in [0.15, 0.2) is 36.7 Å². The zero-order valence-electron chi connectivity index (χ0n) is 14.9. The Kier molecular flexibility index (Phi) is 4.87. The van der Waals surface area contributed by atoms with E-state index >= 15 is 0 Å². The number of nitrogens with zero attached hydrogens (tertiary/aromatic N) is 4. The second-order valence-corrected chi connectivity index (χ2v) is 6.62. The number of nitrogens with one attached hydrogen (secondary N) is 2. The Morgan fingerprint density at radius 3 is 2.86 bits per heavy atom. The molecule has 1 fully saturated rings. The van der Waals surface area contributed by atoms with Crippen molar-refractivity contribution in [3.8, 4) is 23.1 Å².